The molecule has 23 heavy (non-hydrogen) atoms. The molecule has 4 rings (SSSR count). The largest absolute Gasteiger partial charge is 0.504 e. The van der Waals surface area contributed by atoms with Crippen LogP contribution in [-0.4, -0.2) is 10.2 Å². The zero-order valence-electron chi connectivity index (χ0n) is 12.2. The molecule has 0 amide bonds. The number of ether oxygens (including phenoxy) is 1. The van der Waals surface area contributed by atoms with Crippen LogP contribution in [-0.2, 0) is 0 Å². The van der Waals surface area contributed by atoms with Crippen LogP contribution in [0.2, 0.25) is 0 Å². The Morgan fingerprint density at radius 1 is 0.522 bits per heavy atom. The van der Waals surface area contributed by atoms with Gasteiger partial charge < -0.3 is 14.9 Å². The number of fused-ring (bicyclic) bond motifs is 2. The summed E-state index contributed by atoms with van der Waals surface area (Å²) in [6.07, 6.45) is 0. The number of rotatable bonds is 2. The van der Waals surface area contributed by atoms with Crippen LogP contribution in [0.3, 0.4) is 0 Å². The lowest BCUT2D eigenvalue weighted by atomic mass is 10.1. The summed E-state index contributed by atoms with van der Waals surface area (Å²) in [4.78, 5) is 0. The van der Waals surface area contributed by atoms with E-state index in [9.17, 15) is 10.2 Å². The van der Waals surface area contributed by atoms with Crippen LogP contribution in [0.15, 0.2) is 72.8 Å². The van der Waals surface area contributed by atoms with Gasteiger partial charge in [0.25, 0.3) is 0 Å². The van der Waals surface area contributed by atoms with E-state index in [1.807, 2.05) is 60.7 Å². The number of phenolic OH excluding ortho intramolecular Hbond substituents is 2. The third-order valence-electron chi connectivity index (χ3n) is 3.92. The van der Waals surface area contributed by atoms with Crippen LogP contribution in [0.5, 0.6) is 23.0 Å². The Labute approximate surface area is 133 Å². The predicted molar refractivity (Wildman–Crippen MR) is 91.3 cm³/mol. The summed E-state index contributed by atoms with van der Waals surface area (Å²) in [5.74, 6) is 0.761. The highest BCUT2D eigenvalue weighted by Gasteiger charge is 2.14. The number of hydrogen-bond acceptors (Lipinski definition) is 3. The van der Waals surface area contributed by atoms with Gasteiger partial charge in [-0.1, -0.05) is 60.7 Å². The molecule has 0 aliphatic heterocycles. The van der Waals surface area contributed by atoms with E-state index in [1.165, 1.54) is 0 Å². The van der Waals surface area contributed by atoms with E-state index in [-0.39, 0.29) is 11.5 Å². The molecule has 0 bridgehead atoms. The minimum Gasteiger partial charge on any atom is -0.504 e. The van der Waals surface area contributed by atoms with E-state index >= 15 is 0 Å². The van der Waals surface area contributed by atoms with Crippen LogP contribution in [0.25, 0.3) is 21.5 Å². The van der Waals surface area contributed by atoms with Crippen molar-refractivity contribution in [2.45, 2.75) is 0 Å². The first-order chi connectivity index (χ1) is 11.2. The second-order valence-corrected chi connectivity index (χ2v) is 5.37. The fraction of sp³-hybridized carbons (Fsp3) is 0. The Morgan fingerprint density at radius 3 is 1.43 bits per heavy atom. The number of aromatic hydroxyl groups is 2. The molecule has 3 nitrogen and oxygen atoms in total. The van der Waals surface area contributed by atoms with Gasteiger partial charge in [-0.25, -0.2) is 0 Å². The lowest BCUT2D eigenvalue weighted by Crippen LogP contribution is -1.89. The standard InChI is InChI=1S/C20H14O3/c21-17-11-9-13-5-1-3-7-15(13)19(17)23-20-16-8-4-2-6-14(16)10-12-18(20)22/h1-12,21-22H. The van der Waals surface area contributed by atoms with E-state index in [0.717, 1.165) is 21.5 Å². The summed E-state index contributed by atoms with van der Waals surface area (Å²) < 4.78 is 5.97. The van der Waals surface area contributed by atoms with Crippen molar-refractivity contribution in [1.82, 2.24) is 0 Å². The summed E-state index contributed by atoms with van der Waals surface area (Å²) in [5.41, 5.74) is 0. The van der Waals surface area contributed by atoms with Gasteiger partial charge >= 0.3 is 0 Å². The van der Waals surface area contributed by atoms with Crippen molar-refractivity contribution in [2.75, 3.05) is 0 Å². The Bertz CT molecular complexity index is 938. The first-order valence-electron chi connectivity index (χ1n) is 7.33. The van der Waals surface area contributed by atoms with E-state index in [0.29, 0.717) is 11.5 Å². The molecule has 3 heteroatoms. The molecule has 0 saturated carbocycles. The van der Waals surface area contributed by atoms with Crippen molar-refractivity contribution in [3.63, 3.8) is 0 Å². The van der Waals surface area contributed by atoms with Crippen molar-refractivity contribution in [2.24, 2.45) is 0 Å². The van der Waals surface area contributed by atoms with Crippen LogP contribution >= 0.6 is 0 Å². The molecule has 0 aliphatic carbocycles. The Morgan fingerprint density at radius 2 is 0.957 bits per heavy atom. The Kier molecular flexibility index (Phi) is 3.05. The van der Waals surface area contributed by atoms with Crippen LogP contribution < -0.4 is 4.74 Å². The quantitative estimate of drug-likeness (QED) is 0.535. The molecule has 0 atom stereocenters. The molecular weight excluding hydrogens is 288 g/mol. The number of hydrogen-bond donors (Lipinski definition) is 2. The fourth-order valence-electron chi connectivity index (χ4n) is 2.78. The lowest BCUT2D eigenvalue weighted by molar-refractivity contribution is 0.392. The summed E-state index contributed by atoms with van der Waals surface area (Å²) in [5, 5.41) is 24.0. The molecule has 0 saturated heterocycles. The van der Waals surface area contributed by atoms with E-state index in [2.05, 4.69) is 0 Å². The molecule has 2 N–H and O–H groups in total. The number of benzene rings is 4. The van der Waals surface area contributed by atoms with Crippen molar-refractivity contribution in [1.29, 1.82) is 0 Å². The third-order valence-corrected chi connectivity index (χ3v) is 3.92. The molecule has 4 aromatic carbocycles. The second-order valence-electron chi connectivity index (χ2n) is 5.37. The van der Waals surface area contributed by atoms with E-state index < -0.39 is 0 Å². The van der Waals surface area contributed by atoms with Gasteiger partial charge in [0.15, 0.2) is 23.0 Å². The van der Waals surface area contributed by atoms with Gasteiger partial charge in [0.1, 0.15) is 0 Å². The van der Waals surface area contributed by atoms with Gasteiger partial charge in [0, 0.05) is 10.8 Å². The molecule has 0 unspecified atom stereocenters. The molecule has 0 spiro atoms. The molecule has 0 aromatic heterocycles. The smallest absolute Gasteiger partial charge is 0.177 e. The van der Waals surface area contributed by atoms with Crippen LogP contribution in [0.1, 0.15) is 0 Å². The summed E-state index contributed by atoms with van der Waals surface area (Å²) in [6, 6.07) is 22.2. The SMILES string of the molecule is Oc1ccc2ccccc2c1Oc1c(O)ccc2ccccc12. The molecule has 0 fully saturated rings. The van der Waals surface area contributed by atoms with Crippen LogP contribution in [0.4, 0.5) is 0 Å². The first kappa shape index (κ1) is 13.5. The molecule has 112 valence electrons. The fourth-order valence-corrected chi connectivity index (χ4v) is 2.78. The Balaban J connectivity index is 1.95. The summed E-state index contributed by atoms with van der Waals surface area (Å²) in [7, 11) is 0. The predicted octanol–water partition coefficient (Wildman–Crippen LogP) is 5.20. The highest BCUT2D eigenvalue weighted by atomic mass is 16.5. The molecule has 0 radical (unpaired) electrons. The molecule has 0 heterocycles. The lowest BCUT2D eigenvalue weighted by Gasteiger charge is -2.14. The van der Waals surface area contributed by atoms with Crippen molar-refractivity contribution in [3.8, 4) is 23.0 Å². The van der Waals surface area contributed by atoms with Crippen molar-refractivity contribution in [3.05, 3.63) is 72.8 Å². The second kappa shape index (κ2) is 5.21. The monoisotopic (exact) mass is 302 g/mol. The minimum atomic E-state index is 0.0380. The maximum atomic E-state index is 10.2. The Hall–Kier alpha value is -3.20. The maximum Gasteiger partial charge on any atom is 0.177 e. The van der Waals surface area contributed by atoms with Gasteiger partial charge in [-0.05, 0) is 22.9 Å². The van der Waals surface area contributed by atoms with Crippen molar-refractivity contribution >= 4 is 21.5 Å². The minimum absolute atomic E-state index is 0.0380. The topological polar surface area (TPSA) is 49.7 Å². The van der Waals surface area contributed by atoms with Crippen molar-refractivity contribution < 1.29 is 14.9 Å². The third kappa shape index (κ3) is 2.23. The maximum absolute atomic E-state index is 10.2. The highest BCUT2D eigenvalue weighted by molar-refractivity contribution is 5.94. The van der Waals surface area contributed by atoms with Crippen LogP contribution in [0, 0.1) is 0 Å². The molecule has 4 aromatic rings. The van der Waals surface area contributed by atoms with Gasteiger partial charge in [-0.2, -0.15) is 0 Å². The normalized spacial score (nSPS) is 11.0. The average molecular weight is 302 g/mol. The average Bonchev–Trinajstić information content (AvgIpc) is 2.59. The molecular formula is C20H14O3. The first-order valence-corrected chi connectivity index (χ1v) is 7.33. The van der Waals surface area contributed by atoms with Gasteiger partial charge in [-0.15, -0.1) is 0 Å². The number of phenols is 2. The zero-order chi connectivity index (χ0) is 15.8. The van der Waals surface area contributed by atoms with E-state index in [4.69, 9.17) is 4.74 Å². The zero-order valence-corrected chi connectivity index (χ0v) is 12.2. The van der Waals surface area contributed by atoms with Gasteiger partial charge in [0.05, 0.1) is 0 Å². The summed E-state index contributed by atoms with van der Waals surface area (Å²) >= 11 is 0. The van der Waals surface area contributed by atoms with Gasteiger partial charge in [-0.3, -0.25) is 0 Å². The molecule has 0 aliphatic rings. The van der Waals surface area contributed by atoms with E-state index in [1.54, 1.807) is 12.1 Å². The summed E-state index contributed by atoms with van der Waals surface area (Å²) in [6.45, 7) is 0. The highest BCUT2D eigenvalue weighted by Crippen LogP contribution is 2.43. The van der Waals surface area contributed by atoms with Gasteiger partial charge in [0.2, 0.25) is 0 Å².